The van der Waals surface area contributed by atoms with Gasteiger partial charge in [-0.3, -0.25) is 4.79 Å². The molecular formula is C17H18FN5O4. The second kappa shape index (κ2) is 6.31. The summed E-state index contributed by atoms with van der Waals surface area (Å²) in [5, 5.41) is 21.6. The fourth-order valence-corrected chi connectivity index (χ4v) is 3.49. The fourth-order valence-electron chi connectivity index (χ4n) is 3.49. The molecule has 1 saturated heterocycles. The second-order valence-corrected chi connectivity index (χ2v) is 6.88. The van der Waals surface area contributed by atoms with E-state index in [1.807, 2.05) is 0 Å². The van der Waals surface area contributed by atoms with E-state index in [9.17, 15) is 19.1 Å². The van der Waals surface area contributed by atoms with Crippen LogP contribution in [0, 0.1) is 11.7 Å². The highest BCUT2D eigenvalue weighted by Gasteiger charge is 2.33. The Morgan fingerprint density at radius 2 is 2.19 bits per heavy atom. The monoisotopic (exact) mass is 375 g/mol. The molecule has 10 heteroatoms. The third-order valence-electron chi connectivity index (χ3n) is 5.09. The summed E-state index contributed by atoms with van der Waals surface area (Å²) >= 11 is 0. The number of fused-ring (bicyclic) bond motifs is 1. The van der Waals surface area contributed by atoms with Crippen molar-refractivity contribution in [3.63, 3.8) is 0 Å². The summed E-state index contributed by atoms with van der Waals surface area (Å²) in [5.74, 6) is -2.28. The number of carboxylic acid groups (broad SMARTS) is 1. The summed E-state index contributed by atoms with van der Waals surface area (Å²) < 4.78 is 16.4. The van der Waals surface area contributed by atoms with Gasteiger partial charge in [0.1, 0.15) is 11.2 Å². The molecule has 0 radical (unpaired) electrons. The van der Waals surface area contributed by atoms with Crippen LogP contribution in [0.1, 0.15) is 29.2 Å². The Hall–Kier alpha value is -3.01. The van der Waals surface area contributed by atoms with Gasteiger partial charge < -0.3 is 25.5 Å². The normalized spacial score (nSPS) is 21.3. The maximum Gasteiger partial charge on any atom is 0.341 e. The number of aromatic nitrogens is 2. The van der Waals surface area contributed by atoms with Gasteiger partial charge in [0, 0.05) is 31.2 Å². The maximum absolute atomic E-state index is 14.8. The summed E-state index contributed by atoms with van der Waals surface area (Å²) in [5.41, 5.74) is 5.21. The van der Waals surface area contributed by atoms with Gasteiger partial charge in [-0.15, -0.1) is 0 Å². The zero-order valence-electron chi connectivity index (χ0n) is 14.3. The molecule has 1 aliphatic heterocycles. The van der Waals surface area contributed by atoms with Gasteiger partial charge in [-0.2, -0.15) is 0 Å². The molecule has 0 spiro atoms. The minimum atomic E-state index is -1.35. The second-order valence-electron chi connectivity index (χ2n) is 6.88. The minimum Gasteiger partial charge on any atom is -0.477 e. The zero-order valence-corrected chi connectivity index (χ0v) is 14.3. The van der Waals surface area contributed by atoms with E-state index in [2.05, 4.69) is 10.1 Å². The molecular weight excluding hydrogens is 357 g/mol. The van der Waals surface area contributed by atoms with Crippen molar-refractivity contribution in [2.75, 3.05) is 24.5 Å². The van der Waals surface area contributed by atoms with Crippen LogP contribution in [0.15, 0.2) is 22.2 Å². The molecule has 2 aromatic rings. The SMILES string of the molecule is NCC1CN(c2nc3c(cc2F)c(=O)c(C(=O)O)cn3C2CC2)C/C1=N\O. The van der Waals surface area contributed by atoms with Crippen LogP contribution in [0.3, 0.4) is 0 Å². The van der Waals surface area contributed by atoms with E-state index in [0.29, 0.717) is 12.3 Å². The molecule has 1 saturated carbocycles. The zero-order chi connectivity index (χ0) is 19.3. The van der Waals surface area contributed by atoms with Crippen molar-refractivity contribution in [2.24, 2.45) is 16.8 Å². The first-order valence-corrected chi connectivity index (χ1v) is 8.59. The molecule has 9 nitrogen and oxygen atoms in total. The fraction of sp³-hybridized carbons (Fsp3) is 0.412. The average Bonchev–Trinajstić information content (AvgIpc) is 3.40. The van der Waals surface area contributed by atoms with Crippen LogP contribution in [0.5, 0.6) is 0 Å². The summed E-state index contributed by atoms with van der Waals surface area (Å²) in [7, 11) is 0. The van der Waals surface area contributed by atoms with E-state index in [1.54, 1.807) is 9.47 Å². The smallest absolute Gasteiger partial charge is 0.341 e. The van der Waals surface area contributed by atoms with Crippen molar-refractivity contribution in [3.05, 3.63) is 33.9 Å². The largest absolute Gasteiger partial charge is 0.477 e. The number of nitrogens with two attached hydrogens (primary N) is 1. The molecule has 2 aromatic heterocycles. The van der Waals surface area contributed by atoms with Gasteiger partial charge in [0.05, 0.1) is 17.6 Å². The molecule has 0 aromatic carbocycles. The van der Waals surface area contributed by atoms with Crippen LogP contribution < -0.4 is 16.1 Å². The van der Waals surface area contributed by atoms with Crippen LogP contribution in [0.2, 0.25) is 0 Å². The van der Waals surface area contributed by atoms with E-state index in [0.717, 1.165) is 18.9 Å². The van der Waals surface area contributed by atoms with Gasteiger partial charge >= 0.3 is 5.97 Å². The van der Waals surface area contributed by atoms with Gasteiger partial charge in [-0.1, -0.05) is 5.16 Å². The molecule has 1 aliphatic carbocycles. The molecule has 1 unspecified atom stereocenters. The first kappa shape index (κ1) is 17.4. The van der Waals surface area contributed by atoms with Crippen molar-refractivity contribution in [3.8, 4) is 0 Å². The number of rotatable bonds is 4. The predicted octanol–water partition coefficient (Wildman–Crippen LogP) is 0.794. The summed E-state index contributed by atoms with van der Waals surface area (Å²) in [6.45, 7) is 0.765. The van der Waals surface area contributed by atoms with E-state index in [4.69, 9.17) is 10.9 Å². The summed E-state index contributed by atoms with van der Waals surface area (Å²) in [6, 6.07) is 1.08. The summed E-state index contributed by atoms with van der Waals surface area (Å²) in [6.07, 6.45) is 2.96. The molecule has 27 heavy (non-hydrogen) atoms. The van der Waals surface area contributed by atoms with Gasteiger partial charge in [-0.05, 0) is 18.9 Å². The first-order chi connectivity index (χ1) is 12.9. The van der Waals surface area contributed by atoms with Crippen molar-refractivity contribution in [1.29, 1.82) is 0 Å². The highest BCUT2D eigenvalue weighted by Crippen LogP contribution is 2.37. The molecule has 3 heterocycles. The Morgan fingerprint density at radius 3 is 2.74 bits per heavy atom. The van der Waals surface area contributed by atoms with E-state index in [1.165, 1.54) is 6.20 Å². The van der Waals surface area contributed by atoms with Crippen LogP contribution in [0.4, 0.5) is 10.2 Å². The molecule has 0 amide bonds. The Morgan fingerprint density at radius 1 is 1.44 bits per heavy atom. The third-order valence-corrected chi connectivity index (χ3v) is 5.09. The van der Waals surface area contributed by atoms with Crippen LogP contribution in [0.25, 0.3) is 11.0 Å². The Balaban J connectivity index is 1.89. The maximum atomic E-state index is 14.8. The molecule has 1 atom stereocenters. The van der Waals surface area contributed by atoms with Gasteiger partial charge in [0.25, 0.3) is 0 Å². The number of aromatic carboxylic acids is 1. The van der Waals surface area contributed by atoms with Crippen LogP contribution in [-0.4, -0.2) is 51.2 Å². The number of carboxylic acids is 1. The summed E-state index contributed by atoms with van der Waals surface area (Å²) in [4.78, 5) is 29.8. The van der Waals surface area contributed by atoms with E-state index in [-0.39, 0.29) is 41.9 Å². The standard InChI is InChI=1S/C17H18FN5O4/c18-12-3-10-14(24)11(17(25)26)6-23(9-1-2-9)15(10)20-16(12)22-5-8(4-19)13(7-22)21-27/h3,6,8-9,27H,1-2,4-5,7,19H2,(H,25,26)/b21-13+. The Bertz CT molecular complexity index is 1030. The van der Waals surface area contributed by atoms with Gasteiger partial charge in [-0.25, -0.2) is 14.2 Å². The van der Waals surface area contributed by atoms with Crippen molar-refractivity contribution >= 4 is 28.5 Å². The van der Waals surface area contributed by atoms with Crippen molar-refractivity contribution < 1.29 is 19.5 Å². The lowest BCUT2D eigenvalue weighted by atomic mass is 10.1. The van der Waals surface area contributed by atoms with E-state index >= 15 is 0 Å². The Kier molecular flexibility index (Phi) is 4.06. The lowest BCUT2D eigenvalue weighted by Gasteiger charge is -2.19. The van der Waals surface area contributed by atoms with Gasteiger partial charge in [0.15, 0.2) is 11.6 Å². The number of nitrogens with zero attached hydrogens (tertiary/aromatic N) is 4. The number of pyridine rings is 2. The van der Waals surface area contributed by atoms with Crippen molar-refractivity contribution in [2.45, 2.75) is 18.9 Å². The molecule has 4 rings (SSSR count). The number of halogens is 1. The number of oxime groups is 1. The lowest BCUT2D eigenvalue weighted by Crippen LogP contribution is -2.26. The highest BCUT2D eigenvalue weighted by molar-refractivity contribution is 5.95. The number of hydrogen-bond acceptors (Lipinski definition) is 7. The quantitative estimate of drug-likeness (QED) is 0.531. The minimum absolute atomic E-state index is 0.0245. The van der Waals surface area contributed by atoms with E-state index < -0.39 is 22.8 Å². The average molecular weight is 375 g/mol. The van der Waals surface area contributed by atoms with Gasteiger partial charge in [0.2, 0.25) is 5.43 Å². The predicted molar refractivity (Wildman–Crippen MR) is 95.2 cm³/mol. The molecule has 4 N–H and O–H groups in total. The molecule has 142 valence electrons. The topological polar surface area (TPSA) is 134 Å². The Labute approximate surface area is 152 Å². The third kappa shape index (κ3) is 2.81. The number of carbonyl (C=O) groups is 1. The number of hydrogen-bond donors (Lipinski definition) is 3. The number of anilines is 1. The molecule has 2 fully saturated rings. The van der Waals surface area contributed by atoms with Crippen molar-refractivity contribution in [1.82, 2.24) is 9.55 Å². The first-order valence-electron chi connectivity index (χ1n) is 8.59. The lowest BCUT2D eigenvalue weighted by molar-refractivity contribution is 0.0695. The molecule has 0 bridgehead atoms. The van der Waals surface area contributed by atoms with Crippen LogP contribution in [-0.2, 0) is 0 Å². The highest BCUT2D eigenvalue weighted by atomic mass is 19.1. The van der Waals surface area contributed by atoms with Crippen LogP contribution >= 0.6 is 0 Å². The molecule has 2 aliphatic rings.